The van der Waals surface area contributed by atoms with Crippen LogP contribution in [-0.2, 0) is 4.74 Å². The molecule has 2 amide bonds. The molecule has 5 atom stereocenters. The first kappa shape index (κ1) is 13.8. The number of terminal acetylenes is 1. The van der Waals surface area contributed by atoms with E-state index in [1.165, 1.54) is 12.3 Å². The van der Waals surface area contributed by atoms with Crippen molar-refractivity contribution in [2.75, 3.05) is 6.61 Å². The molecule has 1 fully saturated rings. The third-order valence-corrected chi connectivity index (χ3v) is 3.10. The maximum atomic E-state index is 12.0. The van der Waals surface area contributed by atoms with E-state index < -0.39 is 43.3 Å². The molecule has 2 aliphatic rings. The van der Waals surface area contributed by atoms with Gasteiger partial charge in [-0.25, -0.2) is 9.69 Å². The van der Waals surface area contributed by atoms with Gasteiger partial charge in [0, 0.05) is 12.2 Å². The van der Waals surface area contributed by atoms with Crippen LogP contribution in [-0.4, -0.2) is 68.5 Å². The summed E-state index contributed by atoms with van der Waals surface area (Å²) in [6.07, 6.45) is 2.49. The largest absolute Gasteiger partial charge is 0.394 e. The number of rotatable bonds is 2. The van der Waals surface area contributed by atoms with Gasteiger partial charge in [0.2, 0.25) is 0 Å². The molecule has 0 aromatic rings. The molecule has 8 nitrogen and oxygen atoms in total. The number of hydrogen-bond acceptors (Lipinski definition) is 6. The van der Waals surface area contributed by atoms with Gasteiger partial charge < -0.3 is 25.8 Å². The van der Waals surface area contributed by atoms with Crippen LogP contribution < -0.4 is 5.73 Å². The minimum absolute atomic E-state index is 0.473. The minimum atomic E-state index is -1.35. The number of carbonyl (C=O) groups is 1. The lowest BCUT2D eigenvalue weighted by molar-refractivity contribution is -0.0694. The van der Waals surface area contributed by atoms with Crippen LogP contribution in [0.5, 0.6) is 0 Å². The first-order valence-corrected chi connectivity index (χ1v) is 5.65. The summed E-state index contributed by atoms with van der Waals surface area (Å²) in [7, 11) is 0. The molecular weight excluding hydrogens is 254 g/mol. The van der Waals surface area contributed by atoms with E-state index in [9.17, 15) is 15.0 Å². The van der Waals surface area contributed by atoms with Crippen molar-refractivity contribution < 1.29 is 24.9 Å². The molecule has 1 saturated heterocycles. The van der Waals surface area contributed by atoms with E-state index in [2.05, 4.69) is 6.04 Å². The van der Waals surface area contributed by atoms with Crippen LogP contribution in [0.4, 0.5) is 4.79 Å². The second-order valence-electron chi connectivity index (χ2n) is 4.25. The summed E-state index contributed by atoms with van der Waals surface area (Å²) >= 11 is 0. The molecule has 2 rings (SSSR count). The van der Waals surface area contributed by atoms with Gasteiger partial charge >= 0.3 is 6.03 Å². The lowest BCUT2D eigenvalue weighted by Gasteiger charge is -2.35. The molecule has 8 heteroatoms. The van der Waals surface area contributed by atoms with E-state index >= 15 is 0 Å². The Morgan fingerprint density at radius 3 is 2.68 bits per heavy atom. The molecule has 1 unspecified atom stereocenters. The normalized spacial score (nSPS) is 38.7. The van der Waals surface area contributed by atoms with Crippen molar-refractivity contribution in [3.63, 3.8) is 0 Å². The molecule has 0 spiro atoms. The van der Waals surface area contributed by atoms with Gasteiger partial charge in [-0.05, 0) is 6.08 Å². The summed E-state index contributed by atoms with van der Waals surface area (Å²) in [4.78, 5) is 14.0. The molecule has 2 aliphatic heterocycles. The summed E-state index contributed by atoms with van der Waals surface area (Å²) in [5.41, 5.74) is 5.61. The molecule has 2 heterocycles. The zero-order valence-corrected chi connectivity index (χ0v) is 9.96. The average Bonchev–Trinajstić information content (AvgIpc) is 2.67. The maximum Gasteiger partial charge on any atom is 0.339 e. The first-order valence-electron chi connectivity index (χ1n) is 5.65. The maximum absolute atomic E-state index is 12.0. The van der Waals surface area contributed by atoms with Gasteiger partial charge in [0.05, 0.1) is 6.61 Å². The second kappa shape index (κ2) is 5.16. The lowest BCUT2D eigenvalue weighted by Crippen LogP contribution is -2.55. The molecule has 0 radical (unpaired) electrons. The van der Waals surface area contributed by atoms with E-state index in [1.54, 1.807) is 0 Å². The third kappa shape index (κ3) is 2.18. The predicted octanol–water partition coefficient (Wildman–Crippen LogP) is -2.45. The molecular formula is C11H15N3O5. The quantitative estimate of drug-likeness (QED) is 0.413. The van der Waals surface area contributed by atoms with Crippen molar-refractivity contribution in [2.24, 2.45) is 5.73 Å². The summed E-state index contributed by atoms with van der Waals surface area (Å²) in [6, 6.07) is 1.48. The Bertz CT molecular complexity index is 435. The molecule has 0 aromatic heterocycles. The van der Waals surface area contributed by atoms with Crippen LogP contribution >= 0.6 is 0 Å². The molecule has 5 N–H and O–H groups in total. The van der Waals surface area contributed by atoms with Gasteiger partial charge in [0.1, 0.15) is 24.5 Å². The number of nitrogens with zero attached hydrogens (tertiary/aromatic N) is 2. The standard InChI is InChI=1S/C11H15N3O5/c1-2-13-7(12)3-4-14(11(13)18)10-9(17)8(16)6(5-15)19-10/h1,3-4,6-10,15-17H,5,12H2/t6-,7?,8-,9-,10-/m1/s1. The number of hydrogen-bond donors (Lipinski definition) is 4. The van der Waals surface area contributed by atoms with E-state index in [0.717, 1.165) is 9.80 Å². The van der Waals surface area contributed by atoms with Gasteiger partial charge in [-0.1, -0.05) is 6.42 Å². The smallest absolute Gasteiger partial charge is 0.339 e. The van der Waals surface area contributed by atoms with Crippen molar-refractivity contribution in [1.29, 1.82) is 0 Å². The van der Waals surface area contributed by atoms with Crippen molar-refractivity contribution in [1.82, 2.24) is 9.80 Å². The Morgan fingerprint density at radius 2 is 2.16 bits per heavy atom. The first-order chi connectivity index (χ1) is 9.01. The van der Waals surface area contributed by atoms with Gasteiger partial charge in [-0.15, -0.1) is 0 Å². The Labute approximate surface area is 109 Å². The Hall–Kier alpha value is -1.63. The summed E-state index contributed by atoms with van der Waals surface area (Å²) in [6.45, 7) is -0.473. The lowest BCUT2D eigenvalue weighted by atomic mass is 10.1. The number of nitrogens with two attached hydrogens (primary N) is 1. The summed E-state index contributed by atoms with van der Waals surface area (Å²) in [5, 5.41) is 28.5. The topological polar surface area (TPSA) is 119 Å². The number of urea groups is 1. The third-order valence-electron chi connectivity index (χ3n) is 3.10. The number of aliphatic hydroxyl groups is 3. The number of aliphatic hydroxyl groups excluding tert-OH is 3. The zero-order valence-electron chi connectivity index (χ0n) is 9.96. The van der Waals surface area contributed by atoms with E-state index in [4.69, 9.17) is 22.0 Å². The van der Waals surface area contributed by atoms with E-state index in [0.29, 0.717) is 0 Å². The molecule has 19 heavy (non-hydrogen) atoms. The van der Waals surface area contributed by atoms with Gasteiger partial charge in [-0.2, -0.15) is 0 Å². The summed E-state index contributed by atoms with van der Waals surface area (Å²) in [5.74, 6) is 0. The highest BCUT2D eigenvalue weighted by atomic mass is 16.6. The predicted molar refractivity (Wildman–Crippen MR) is 62.8 cm³/mol. The van der Waals surface area contributed by atoms with Crippen molar-refractivity contribution >= 4 is 6.03 Å². The van der Waals surface area contributed by atoms with Gasteiger partial charge in [0.25, 0.3) is 0 Å². The SMILES string of the molecule is C#CN1C(=O)N([C@@H]2O[C@H](CO)[C@@H](O)[C@H]2O)C=CC1N. The van der Waals surface area contributed by atoms with Gasteiger partial charge in [-0.3, -0.25) is 4.90 Å². The van der Waals surface area contributed by atoms with E-state index in [1.807, 2.05) is 0 Å². The van der Waals surface area contributed by atoms with Crippen molar-refractivity contribution in [3.8, 4) is 12.5 Å². The molecule has 0 bridgehead atoms. The Kier molecular flexibility index (Phi) is 3.75. The van der Waals surface area contributed by atoms with Crippen LogP contribution in [0.15, 0.2) is 12.3 Å². The Morgan fingerprint density at radius 1 is 1.47 bits per heavy atom. The van der Waals surface area contributed by atoms with Gasteiger partial charge in [0.15, 0.2) is 6.23 Å². The molecule has 0 aromatic carbocycles. The second-order valence-corrected chi connectivity index (χ2v) is 4.25. The van der Waals surface area contributed by atoms with Crippen LogP contribution in [0, 0.1) is 12.5 Å². The van der Waals surface area contributed by atoms with Crippen molar-refractivity contribution in [2.45, 2.75) is 30.7 Å². The number of carbonyl (C=O) groups excluding carboxylic acids is 1. The minimum Gasteiger partial charge on any atom is -0.394 e. The fourth-order valence-electron chi connectivity index (χ4n) is 2.03. The number of amides is 2. The molecule has 104 valence electrons. The Balaban J connectivity index is 2.21. The number of ether oxygens (including phenoxy) is 1. The van der Waals surface area contributed by atoms with E-state index in [-0.39, 0.29) is 0 Å². The highest BCUT2D eigenvalue weighted by Gasteiger charge is 2.47. The monoisotopic (exact) mass is 269 g/mol. The highest BCUT2D eigenvalue weighted by molar-refractivity contribution is 5.79. The average molecular weight is 269 g/mol. The fraction of sp³-hybridized carbons (Fsp3) is 0.545. The summed E-state index contributed by atoms with van der Waals surface area (Å²) < 4.78 is 5.24. The highest BCUT2D eigenvalue weighted by Crippen LogP contribution is 2.26. The van der Waals surface area contributed by atoms with Crippen LogP contribution in [0.3, 0.4) is 0 Å². The van der Waals surface area contributed by atoms with Crippen molar-refractivity contribution in [3.05, 3.63) is 12.3 Å². The molecule has 0 saturated carbocycles. The molecule has 0 aliphatic carbocycles. The van der Waals surface area contributed by atoms with Crippen LogP contribution in [0.25, 0.3) is 0 Å². The zero-order chi connectivity index (χ0) is 14.2. The van der Waals surface area contributed by atoms with Crippen LogP contribution in [0.1, 0.15) is 0 Å². The fourth-order valence-corrected chi connectivity index (χ4v) is 2.03. The van der Waals surface area contributed by atoms with Crippen LogP contribution in [0.2, 0.25) is 0 Å².